The van der Waals surface area contributed by atoms with Crippen LogP contribution in [0.25, 0.3) is 0 Å². The fourth-order valence-electron chi connectivity index (χ4n) is 3.02. The summed E-state index contributed by atoms with van der Waals surface area (Å²) in [6.07, 6.45) is 8.73. The van der Waals surface area contributed by atoms with Crippen LogP contribution in [0.3, 0.4) is 0 Å². The molecule has 21 heavy (non-hydrogen) atoms. The van der Waals surface area contributed by atoms with E-state index < -0.39 is 25.4 Å². The normalized spacial score (nSPS) is 14.3. The minimum atomic E-state index is -2.78. The Morgan fingerprint density at radius 2 is 1.67 bits per heavy atom. The van der Waals surface area contributed by atoms with Crippen molar-refractivity contribution in [2.24, 2.45) is 6.98 Å². The number of hydrogen-bond donors (Lipinski definition) is 0. The fourth-order valence-corrected chi connectivity index (χ4v) is 18.3. The van der Waals surface area contributed by atoms with Crippen LogP contribution < -0.4 is 3.71 Å². The average molecular weight is 399 g/mol. The van der Waals surface area contributed by atoms with E-state index in [4.69, 9.17) is 4.11 Å². The van der Waals surface area contributed by atoms with Crippen LogP contribution in [0.5, 0.6) is 0 Å². The minimum absolute atomic E-state index is 0.0515. The number of imidazole rings is 1. The molecule has 0 saturated carbocycles. The van der Waals surface area contributed by atoms with E-state index in [0.29, 0.717) is 0 Å². The summed E-state index contributed by atoms with van der Waals surface area (Å²) in [6.45, 7) is 4.29. The summed E-state index contributed by atoms with van der Waals surface area (Å²) >= 11 is -2.78. The second-order valence-electron chi connectivity index (χ2n) is 6.02. The molecule has 1 aromatic heterocycles. The van der Waals surface area contributed by atoms with E-state index in [0.717, 1.165) is 27.5 Å². The molecule has 0 aliphatic carbocycles. The summed E-state index contributed by atoms with van der Waals surface area (Å²) in [5.41, 5.74) is 0. The summed E-state index contributed by atoms with van der Waals surface area (Å²) in [6, 6.07) is 1.99. The van der Waals surface area contributed by atoms with Crippen LogP contribution in [0.2, 0.25) is 13.3 Å². The molecule has 118 valence electrons. The molecular weight excluding hydrogens is 365 g/mol. The molecule has 0 spiro atoms. The molecule has 0 N–H and O–H groups in total. The number of hydrogen-bond acceptors (Lipinski definition) is 2. The number of aromatic nitrogens is 2. The number of rotatable bonds is 10. The SMILES string of the molecule is [2H]C([2H])([2H])n1c[c]([Sn]([CH2]CCC)([CH2]CCC)[CH2]CCC)nc1C#N. The van der Waals surface area contributed by atoms with Gasteiger partial charge in [0.1, 0.15) is 0 Å². The molecule has 0 radical (unpaired) electrons. The number of aryl methyl sites for hydroxylation is 1. The molecule has 3 nitrogen and oxygen atoms in total. The van der Waals surface area contributed by atoms with Crippen LogP contribution in [0, 0.1) is 11.3 Å². The molecule has 0 bridgehead atoms. The van der Waals surface area contributed by atoms with Gasteiger partial charge in [-0.2, -0.15) is 0 Å². The van der Waals surface area contributed by atoms with Crippen molar-refractivity contribution in [2.45, 2.75) is 72.6 Å². The average Bonchev–Trinajstić information content (AvgIpc) is 3.00. The van der Waals surface area contributed by atoms with Crippen molar-refractivity contribution in [3.63, 3.8) is 0 Å². The molecule has 1 rings (SSSR count). The number of nitrogens with zero attached hydrogens (tertiary/aromatic N) is 3. The predicted molar refractivity (Wildman–Crippen MR) is 92.5 cm³/mol. The Bertz CT molecular complexity index is 524. The van der Waals surface area contributed by atoms with Gasteiger partial charge in [0.25, 0.3) is 0 Å². The standard InChI is InChI=1S/C5H4N3.3C4H9.Sn/c1-8-3-2-7-5(8)4-6;3*1-3-4-2;/h3H,1H3;3*1,3-4H2,2H3;/i1D3;;;;. The molecule has 1 heterocycles. The van der Waals surface area contributed by atoms with Crippen LogP contribution >= 0.6 is 0 Å². The Morgan fingerprint density at radius 3 is 2.00 bits per heavy atom. The summed E-state index contributed by atoms with van der Waals surface area (Å²) < 4.78 is 28.8. The van der Waals surface area contributed by atoms with Gasteiger partial charge >= 0.3 is 139 Å². The number of nitriles is 1. The van der Waals surface area contributed by atoms with Crippen LogP contribution in [0.1, 0.15) is 69.2 Å². The Kier molecular flexibility index (Phi) is 6.39. The monoisotopic (exact) mass is 400 g/mol. The van der Waals surface area contributed by atoms with Gasteiger partial charge in [0.15, 0.2) is 0 Å². The van der Waals surface area contributed by atoms with Gasteiger partial charge in [0.2, 0.25) is 0 Å². The first kappa shape index (κ1) is 14.1. The molecule has 0 aromatic carbocycles. The van der Waals surface area contributed by atoms with Gasteiger partial charge in [-0.3, -0.25) is 0 Å². The first-order chi connectivity index (χ1) is 11.3. The van der Waals surface area contributed by atoms with E-state index in [1.807, 2.05) is 6.07 Å². The first-order valence-corrected chi connectivity index (χ1v) is 15.8. The zero-order chi connectivity index (χ0) is 18.2. The van der Waals surface area contributed by atoms with Crippen molar-refractivity contribution in [3.05, 3.63) is 12.0 Å². The maximum atomic E-state index is 9.33. The number of unbranched alkanes of at least 4 members (excludes halogenated alkanes) is 3. The Hall–Kier alpha value is -0.501. The molecule has 0 fully saturated rings. The van der Waals surface area contributed by atoms with Gasteiger partial charge in [-0.05, 0) is 0 Å². The van der Waals surface area contributed by atoms with E-state index in [1.54, 1.807) is 6.20 Å². The van der Waals surface area contributed by atoms with Gasteiger partial charge < -0.3 is 0 Å². The molecule has 0 amide bonds. The Labute approximate surface area is 138 Å². The fraction of sp³-hybridized carbons (Fsp3) is 0.765. The third kappa shape index (κ3) is 5.02. The molecule has 4 heteroatoms. The zero-order valence-corrected chi connectivity index (χ0v) is 16.6. The molecular formula is C17H31N3Sn. The molecule has 0 atom stereocenters. The molecule has 0 unspecified atom stereocenters. The van der Waals surface area contributed by atoms with Crippen LogP contribution in [-0.4, -0.2) is 27.9 Å². The van der Waals surface area contributed by atoms with Gasteiger partial charge in [-0.15, -0.1) is 0 Å². The third-order valence-corrected chi connectivity index (χ3v) is 19.4. The topological polar surface area (TPSA) is 41.6 Å². The van der Waals surface area contributed by atoms with Crippen molar-refractivity contribution in [2.75, 3.05) is 0 Å². The second kappa shape index (κ2) is 9.50. The summed E-state index contributed by atoms with van der Waals surface area (Å²) in [7, 11) is 0. The van der Waals surface area contributed by atoms with Crippen molar-refractivity contribution in [1.29, 1.82) is 5.26 Å². The molecule has 1 aromatic rings. The van der Waals surface area contributed by atoms with Crippen molar-refractivity contribution < 1.29 is 4.11 Å². The second-order valence-corrected chi connectivity index (χ2v) is 19.1. The van der Waals surface area contributed by atoms with Crippen LogP contribution in [0.15, 0.2) is 6.20 Å². The molecule has 0 saturated heterocycles. The van der Waals surface area contributed by atoms with E-state index in [1.165, 1.54) is 32.6 Å². The van der Waals surface area contributed by atoms with Gasteiger partial charge in [0, 0.05) is 0 Å². The van der Waals surface area contributed by atoms with E-state index in [-0.39, 0.29) is 5.82 Å². The van der Waals surface area contributed by atoms with Crippen molar-refractivity contribution in [1.82, 2.24) is 9.55 Å². The molecule has 0 aliphatic heterocycles. The van der Waals surface area contributed by atoms with Crippen molar-refractivity contribution >= 4 is 22.1 Å². The van der Waals surface area contributed by atoms with Gasteiger partial charge in [-0.1, -0.05) is 0 Å². The van der Waals surface area contributed by atoms with Gasteiger partial charge in [-0.25, -0.2) is 0 Å². The van der Waals surface area contributed by atoms with E-state index in [9.17, 15) is 5.26 Å². The summed E-state index contributed by atoms with van der Waals surface area (Å²) in [5, 5.41) is 9.33. The Balaban J connectivity index is 3.34. The van der Waals surface area contributed by atoms with E-state index >= 15 is 0 Å². The Morgan fingerprint density at radius 1 is 1.14 bits per heavy atom. The van der Waals surface area contributed by atoms with Gasteiger partial charge in [0.05, 0.1) is 0 Å². The van der Waals surface area contributed by atoms with Crippen molar-refractivity contribution in [3.8, 4) is 6.07 Å². The maximum absolute atomic E-state index is 9.33. The van der Waals surface area contributed by atoms with Crippen LogP contribution in [-0.2, 0) is 6.98 Å². The third-order valence-electron chi connectivity index (χ3n) is 4.38. The quantitative estimate of drug-likeness (QED) is 0.549. The predicted octanol–water partition coefficient (Wildman–Crippen LogP) is 4.35. The zero-order valence-electron chi connectivity index (χ0n) is 16.8. The first-order valence-electron chi connectivity index (χ1n) is 9.85. The van der Waals surface area contributed by atoms with Crippen LogP contribution in [0.4, 0.5) is 0 Å². The summed E-state index contributed by atoms with van der Waals surface area (Å²) in [4.78, 5) is 4.56. The molecule has 0 aliphatic rings. The van der Waals surface area contributed by atoms with E-state index in [2.05, 4.69) is 25.8 Å². The summed E-state index contributed by atoms with van der Waals surface area (Å²) in [5.74, 6) is 0.0515.